The highest BCUT2D eigenvalue weighted by Gasteiger charge is 2.28. The van der Waals surface area contributed by atoms with E-state index in [0.717, 1.165) is 26.2 Å². The minimum absolute atomic E-state index is 0.214. The highest BCUT2D eigenvalue weighted by molar-refractivity contribution is 5.80. The Morgan fingerprint density at radius 1 is 1.26 bits per heavy atom. The number of primary amides is 1. The van der Waals surface area contributed by atoms with Gasteiger partial charge in [-0.2, -0.15) is 0 Å². The maximum Gasteiger partial charge on any atom is 0.235 e. The van der Waals surface area contributed by atoms with E-state index < -0.39 is 0 Å². The van der Waals surface area contributed by atoms with E-state index in [1.54, 1.807) is 0 Å². The number of carbonyl (C=O) groups excluding carboxylic acids is 1. The van der Waals surface area contributed by atoms with Crippen molar-refractivity contribution in [2.75, 3.05) is 40.3 Å². The molecule has 0 radical (unpaired) electrons. The number of nitrogens with zero attached hydrogens (tertiary/aromatic N) is 2. The molecule has 0 aromatic rings. The molecule has 1 atom stereocenters. The second-order valence-electron chi connectivity index (χ2n) is 6.35. The summed E-state index contributed by atoms with van der Waals surface area (Å²) < 4.78 is 0. The molecule has 19 heavy (non-hydrogen) atoms. The summed E-state index contributed by atoms with van der Waals surface area (Å²) in [6.07, 6.45) is 2.34. The van der Waals surface area contributed by atoms with Gasteiger partial charge < -0.3 is 16.0 Å². The molecule has 0 saturated heterocycles. The third-order valence-electron chi connectivity index (χ3n) is 3.29. The van der Waals surface area contributed by atoms with Crippen LogP contribution >= 0.6 is 0 Å². The highest BCUT2D eigenvalue weighted by Crippen LogP contribution is 2.19. The summed E-state index contributed by atoms with van der Waals surface area (Å²) in [4.78, 5) is 16.1. The molecule has 0 aromatic heterocycles. The fourth-order valence-electron chi connectivity index (χ4n) is 2.13. The van der Waals surface area contributed by atoms with Crippen LogP contribution in [0.15, 0.2) is 0 Å². The van der Waals surface area contributed by atoms with E-state index in [9.17, 15) is 4.79 Å². The minimum atomic E-state index is -0.231. The second-order valence-corrected chi connectivity index (χ2v) is 6.35. The first-order chi connectivity index (χ1) is 8.88. The Morgan fingerprint density at radius 3 is 2.32 bits per heavy atom. The Labute approximate surface area is 117 Å². The summed E-state index contributed by atoms with van der Waals surface area (Å²) >= 11 is 0. The van der Waals surface area contributed by atoms with Crippen LogP contribution in [-0.2, 0) is 4.79 Å². The van der Waals surface area contributed by atoms with E-state index in [1.807, 2.05) is 0 Å². The van der Waals surface area contributed by atoms with Gasteiger partial charge in [-0.25, -0.2) is 0 Å². The lowest BCUT2D eigenvalue weighted by Gasteiger charge is -2.29. The van der Waals surface area contributed by atoms with Gasteiger partial charge in [-0.05, 0) is 32.9 Å². The maximum absolute atomic E-state index is 11.5. The van der Waals surface area contributed by atoms with Gasteiger partial charge in [-0.15, -0.1) is 0 Å². The first-order valence-corrected chi connectivity index (χ1v) is 7.31. The quantitative estimate of drug-likeness (QED) is 0.591. The molecular formula is C14H30N4O. The number of nitrogens with two attached hydrogens (primary N) is 1. The maximum atomic E-state index is 11.5. The van der Waals surface area contributed by atoms with Crippen LogP contribution in [0.5, 0.6) is 0 Å². The molecule has 0 bridgehead atoms. The number of amides is 1. The van der Waals surface area contributed by atoms with Crippen molar-refractivity contribution in [1.29, 1.82) is 0 Å². The van der Waals surface area contributed by atoms with Gasteiger partial charge in [-0.1, -0.05) is 13.8 Å². The normalized spacial score (nSPS) is 17.4. The molecule has 1 rings (SSSR count). The van der Waals surface area contributed by atoms with Crippen molar-refractivity contribution in [3.63, 3.8) is 0 Å². The van der Waals surface area contributed by atoms with E-state index in [-0.39, 0.29) is 11.9 Å². The molecule has 0 spiro atoms. The Hall–Kier alpha value is -0.650. The van der Waals surface area contributed by atoms with Crippen LogP contribution in [0.3, 0.4) is 0 Å². The first kappa shape index (κ1) is 16.4. The lowest BCUT2D eigenvalue weighted by molar-refractivity contribution is -0.120. The van der Waals surface area contributed by atoms with E-state index >= 15 is 0 Å². The van der Waals surface area contributed by atoms with Gasteiger partial charge in [0.2, 0.25) is 5.91 Å². The molecule has 0 aromatic carbocycles. The molecule has 112 valence electrons. The van der Waals surface area contributed by atoms with Crippen molar-refractivity contribution in [1.82, 2.24) is 15.1 Å². The fraction of sp³-hybridized carbons (Fsp3) is 0.929. The van der Waals surface area contributed by atoms with E-state index in [4.69, 9.17) is 5.73 Å². The van der Waals surface area contributed by atoms with Crippen molar-refractivity contribution in [2.24, 2.45) is 11.7 Å². The van der Waals surface area contributed by atoms with Gasteiger partial charge in [0.05, 0.1) is 6.04 Å². The predicted molar refractivity (Wildman–Crippen MR) is 79.0 cm³/mol. The SMILES string of the molecule is CC(C)CN(CCN(C)C)CC(NC1CC1)C(N)=O. The fourth-order valence-corrected chi connectivity index (χ4v) is 2.13. The van der Waals surface area contributed by atoms with Gasteiger partial charge in [0.1, 0.15) is 0 Å². The Morgan fingerprint density at radius 2 is 1.89 bits per heavy atom. The molecule has 1 amide bonds. The standard InChI is InChI=1S/C14H30N4O/c1-11(2)9-18(8-7-17(3)4)10-13(14(15)19)16-12-5-6-12/h11-13,16H,5-10H2,1-4H3,(H2,15,19). The van der Waals surface area contributed by atoms with Crippen molar-refractivity contribution < 1.29 is 4.79 Å². The Kier molecular flexibility index (Phi) is 6.75. The molecule has 5 nitrogen and oxygen atoms in total. The van der Waals surface area contributed by atoms with Gasteiger partial charge >= 0.3 is 0 Å². The van der Waals surface area contributed by atoms with Crippen molar-refractivity contribution in [2.45, 2.75) is 38.8 Å². The second kappa shape index (κ2) is 7.82. The highest BCUT2D eigenvalue weighted by atomic mass is 16.1. The van der Waals surface area contributed by atoms with Crippen LogP contribution in [0.1, 0.15) is 26.7 Å². The van der Waals surface area contributed by atoms with Crippen LogP contribution in [0, 0.1) is 5.92 Å². The molecule has 1 fully saturated rings. The van der Waals surface area contributed by atoms with Crippen molar-refractivity contribution >= 4 is 5.91 Å². The average molecular weight is 270 g/mol. The monoisotopic (exact) mass is 270 g/mol. The number of rotatable bonds is 10. The molecule has 3 N–H and O–H groups in total. The van der Waals surface area contributed by atoms with Crippen LogP contribution in [0.25, 0.3) is 0 Å². The topological polar surface area (TPSA) is 61.6 Å². The summed E-state index contributed by atoms with van der Waals surface area (Å²) in [5.41, 5.74) is 5.51. The van der Waals surface area contributed by atoms with Crippen molar-refractivity contribution in [3.8, 4) is 0 Å². The van der Waals surface area contributed by atoms with E-state index in [2.05, 4.69) is 43.1 Å². The number of hydrogen-bond acceptors (Lipinski definition) is 4. The summed E-state index contributed by atoms with van der Waals surface area (Å²) in [5, 5.41) is 3.35. The van der Waals surface area contributed by atoms with Crippen molar-refractivity contribution in [3.05, 3.63) is 0 Å². The number of nitrogens with one attached hydrogen (secondary N) is 1. The Bertz CT molecular complexity index is 277. The molecular weight excluding hydrogens is 240 g/mol. The molecule has 1 unspecified atom stereocenters. The minimum Gasteiger partial charge on any atom is -0.368 e. The first-order valence-electron chi connectivity index (χ1n) is 7.31. The smallest absolute Gasteiger partial charge is 0.235 e. The third kappa shape index (κ3) is 7.50. The third-order valence-corrected chi connectivity index (χ3v) is 3.29. The summed E-state index contributed by atoms with van der Waals surface area (Å²) in [7, 11) is 4.14. The largest absolute Gasteiger partial charge is 0.368 e. The van der Waals surface area contributed by atoms with Crippen LogP contribution in [-0.4, -0.2) is 68.1 Å². The molecule has 1 aliphatic rings. The van der Waals surface area contributed by atoms with Crippen LogP contribution in [0.2, 0.25) is 0 Å². The van der Waals surface area contributed by atoms with Gasteiger partial charge in [0, 0.05) is 32.2 Å². The molecule has 1 saturated carbocycles. The number of likely N-dealkylation sites (N-methyl/N-ethyl adjacent to an activating group) is 1. The Balaban J connectivity index is 2.47. The van der Waals surface area contributed by atoms with Gasteiger partial charge in [0.15, 0.2) is 0 Å². The number of carbonyl (C=O) groups is 1. The summed E-state index contributed by atoms with van der Waals surface area (Å²) in [6.45, 7) is 8.11. The van der Waals surface area contributed by atoms with Gasteiger partial charge in [0.25, 0.3) is 0 Å². The predicted octanol–water partition coefficient (Wildman–Crippen LogP) is 0.112. The lowest BCUT2D eigenvalue weighted by Crippen LogP contribution is -2.51. The zero-order chi connectivity index (χ0) is 14.4. The summed E-state index contributed by atoms with van der Waals surface area (Å²) in [6, 6.07) is 0.292. The number of hydrogen-bond donors (Lipinski definition) is 2. The summed E-state index contributed by atoms with van der Waals surface area (Å²) in [5.74, 6) is 0.363. The van der Waals surface area contributed by atoms with Gasteiger partial charge in [-0.3, -0.25) is 9.69 Å². The van der Waals surface area contributed by atoms with E-state index in [0.29, 0.717) is 12.0 Å². The average Bonchev–Trinajstić information content (AvgIpc) is 3.07. The molecule has 0 heterocycles. The van der Waals surface area contributed by atoms with Crippen LogP contribution in [0.4, 0.5) is 0 Å². The zero-order valence-corrected chi connectivity index (χ0v) is 12.9. The molecule has 1 aliphatic carbocycles. The lowest BCUT2D eigenvalue weighted by atomic mass is 10.1. The van der Waals surface area contributed by atoms with Crippen LogP contribution < -0.4 is 11.1 Å². The van der Waals surface area contributed by atoms with E-state index in [1.165, 1.54) is 12.8 Å². The molecule has 5 heteroatoms. The molecule has 0 aliphatic heterocycles. The zero-order valence-electron chi connectivity index (χ0n) is 12.9.